The molecule has 0 aromatic heterocycles. The fraction of sp³-hybridized carbons (Fsp3) is 0.222. The highest BCUT2D eigenvalue weighted by Gasteiger charge is 1.98. The lowest BCUT2D eigenvalue weighted by atomic mass is 10.3. The lowest BCUT2D eigenvalue weighted by molar-refractivity contribution is 1.08. The van der Waals surface area contributed by atoms with Crippen LogP contribution in [-0.4, -0.2) is 10.9 Å². The monoisotopic (exact) mass is 196 g/mol. The summed E-state index contributed by atoms with van der Waals surface area (Å²) in [5.41, 5.74) is 1.07. The Balaban J connectivity index is 2.88. The van der Waals surface area contributed by atoms with Gasteiger partial charge in [-0.15, -0.1) is 0 Å². The molecule has 64 valence electrons. The molecule has 12 heavy (non-hydrogen) atoms. The van der Waals surface area contributed by atoms with E-state index in [2.05, 4.69) is 0 Å². The summed E-state index contributed by atoms with van der Waals surface area (Å²) in [6.07, 6.45) is 0. The van der Waals surface area contributed by atoms with E-state index < -0.39 is 0 Å². The molecule has 0 spiro atoms. The van der Waals surface area contributed by atoms with E-state index in [1.807, 2.05) is 42.2 Å². The summed E-state index contributed by atoms with van der Waals surface area (Å²) < 4.78 is 0.503. The van der Waals surface area contributed by atoms with Crippen LogP contribution in [0.5, 0.6) is 0 Å². The van der Waals surface area contributed by atoms with Gasteiger partial charge in [-0.25, -0.2) is 0 Å². The fourth-order valence-corrected chi connectivity index (χ4v) is 1.49. The van der Waals surface area contributed by atoms with E-state index in [4.69, 9.17) is 24.8 Å². The second-order valence-electron chi connectivity index (χ2n) is 2.35. The number of rotatable bonds is 2. The first kappa shape index (κ1) is 9.42. The molecule has 0 aliphatic carbocycles. The van der Waals surface area contributed by atoms with Crippen molar-refractivity contribution in [1.82, 2.24) is 0 Å². The second kappa shape index (κ2) is 4.38. The first-order chi connectivity index (χ1) is 5.75. The van der Waals surface area contributed by atoms with Crippen LogP contribution in [0.15, 0.2) is 30.3 Å². The molecule has 3 heteroatoms. The molecule has 0 N–H and O–H groups in total. The third-order valence-electron chi connectivity index (χ3n) is 1.60. The number of thiocarbonyl (C=S) groups is 1. The molecule has 0 saturated heterocycles. The topological polar surface area (TPSA) is 3.24 Å². The minimum absolute atomic E-state index is 0.503. The summed E-state index contributed by atoms with van der Waals surface area (Å²) in [6.45, 7) is 2.86. The second-order valence-corrected chi connectivity index (χ2v) is 3.38. The molecule has 0 fully saturated rings. The molecule has 1 nitrogen and oxygen atoms in total. The van der Waals surface area contributed by atoms with Gasteiger partial charge in [-0.3, -0.25) is 0 Å². The average molecular weight is 196 g/mol. The van der Waals surface area contributed by atoms with Crippen molar-refractivity contribution in [3.05, 3.63) is 30.3 Å². The van der Waals surface area contributed by atoms with Crippen LogP contribution in [0.4, 0.5) is 5.69 Å². The van der Waals surface area contributed by atoms with Gasteiger partial charge in [0, 0.05) is 12.2 Å². The summed E-state index contributed by atoms with van der Waals surface area (Å²) in [5.74, 6) is 0. The zero-order valence-electron chi connectivity index (χ0n) is 6.86. The molecule has 1 aromatic carbocycles. The maximum atomic E-state index is 4.94. The molecule has 0 atom stereocenters. The fourth-order valence-electron chi connectivity index (χ4n) is 1.03. The largest absolute Gasteiger partial charge is 0.411 e. The normalized spacial score (nSPS) is 9.42. The van der Waals surface area contributed by atoms with Gasteiger partial charge in [-0.1, -0.05) is 22.5 Å². The van der Waals surface area contributed by atoms with E-state index >= 15 is 0 Å². The molecule has 1 rings (SSSR count). The Morgan fingerprint density at radius 3 is 2.42 bits per heavy atom. The van der Waals surface area contributed by atoms with Crippen LogP contribution in [0.3, 0.4) is 0 Å². The first-order valence-corrected chi connectivity index (χ1v) is 4.61. The van der Waals surface area contributed by atoms with Gasteiger partial charge in [0.15, 0.2) is 0 Å². The smallest absolute Gasteiger partial charge is 0.0397 e. The van der Waals surface area contributed by atoms with Gasteiger partial charge in [-0.2, -0.15) is 0 Å². The number of para-hydroxylation sites is 1. The van der Waals surface area contributed by atoms with Gasteiger partial charge in [0.1, 0.15) is 0 Å². The standard InChI is InChI=1S/C9H11NS2/c1-2-10(9(11)12)8-6-4-3-5-7-8/h3-7H,2H2,1H3,(H,11,12)/p-1. The predicted molar refractivity (Wildman–Crippen MR) is 59.4 cm³/mol. The van der Waals surface area contributed by atoms with Crippen LogP contribution < -0.4 is 4.90 Å². The Hall–Kier alpha value is -0.670. The third-order valence-corrected chi connectivity index (χ3v) is 2.05. The van der Waals surface area contributed by atoms with E-state index in [1.54, 1.807) is 0 Å². The molecule has 0 aliphatic heterocycles. The Kier molecular flexibility index (Phi) is 3.44. The predicted octanol–water partition coefficient (Wildman–Crippen LogP) is 2.34. The van der Waals surface area contributed by atoms with Crippen molar-refractivity contribution in [2.45, 2.75) is 6.92 Å². The lowest BCUT2D eigenvalue weighted by Crippen LogP contribution is -2.26. The summed E-state index contributed by atoms with van der Waals surface area (Å²) >= 11 is 9.88. The van der Waals surface area contributed by atoms with Crippen molar-refractivity contribution < 1.29 is 0 Å². The minimum Gasteiger partial charge on any atom is -0.411 e. The molecule has 0 aliphatic rings. The van der Waals surface area contributed by atoms with Crippen LogP contribution in [0.25, 0.3) is 0 Å². The molecule has 0 radical (unpaired) electrons. The van der Waals surface area contributed by atoms with E-state index in [9.17, 15) is 0 Å². The summed E-state index contributed by atoms with van der Waals surface area (Å²) in [5, 5.41) is 0. The van der Waals surface area contributed by atoms with Crippen LogP contribution in [-0.2, 0) is 12.6 Å². The van der Waals surface area contributed by atoms with Gasteiger partial charge in [0.2, 0.25) is 0 Å². The Morgan fingerprint density at radius 2 is 2.00 bits per heavy atom. The molecule has 0 amide bonds. The van der Waals surface area contributed by atoms with Gasteiger partial charge in [0.05, 0.1) is 0 Å². The molecule has 0 bridgehead atoms. The summed E-state index contributed by atoms with van der Waals surface area (Å²) in [7, 11) is 0. The molecule has 1 aromatic rings. The molecule has 0 unspecified atom stereocenters. The van der Waals surface area contributed by atoms with Crippen LogP contribution in [0, 0.1) is 0 Å². The maximum absolute atomic E-state index is 4.94. The average Bonchev–Trinajstić information content (AvgIpc) is 2.07. The Bertz CT molecular complexity index is 258. The summed E-state index contributed by atoms with van der Waals surface area (Å²) in [4.78, 5) is 1.92. The number of anilines is 1. The van der Waals surface area contributed by atoms with Crippen LogP contribution in [0.2, 0.25) is 0 Å². The molecular weight excluding hydrogens is 186 g/mol. The SMILES string of the molecule is CCN(C(=S)[S-])c1ccccc1. The lowest BCUT2D eigenvalue weighted by Gasteiger charge is -2.26. The van der Waals surface area contributed by atoms with Crippen molar-refractivity contribution in [1.29, 1.82) is 0 Å². The zero-order valence-corrected chi connectivity index (χ0v) is 8.49. The van der Waals surface area contributed by atoms with E-state index in [1.165, 1.54) is 0 Å². The van der Waals surface area contributed by atoms with E-state index in [0.29, 0.717) is 4.32 Å². The van der Waals surface area contributed by atoms with Gasteiger partial charge >= 0.3 is 0 Å². The Labute approximate surface area is 83.8 Å². The summed E-state index contributed by atoms with van der Waals surface area (Å²) in [6, 6.07) is 9.94. The van der Waals surface area contributed by atoms with Crippen molar-refractivity contribution in [2.24, 2.45) is 0 Å². The number of hydrogen-bond donors (Lipinski definition) is 0. The number of benzene rings is 1. The molecular formula is C9H10NS2-. The van der Waals surface area contributed by atoms with Gasteiger partial charge in [0.25, 0.3) is 0 Å². The van der Waals surface area contributed by atoms with E-state index in [-0.39, 0.29) is 0 Å². The molecule has 0 heterocycles. The Morgan fingerprint density at radius 1 is 1.42 bits per heavy atom. The van der Waals surface area contributed by atoms with Crippen molar-refractivity contribution in [3.8, 4) is 0 Å². The highest BCUT2D eigenvalue weighted by Crippen LogP contribution is 2.12. The van der Waals surface area contributed by atoms with E-state index in [0.717, 1.165) is 12.2 Å². The van der Waals surface area contributed by atoms with Gasteiger partial charge < -0.3 is 29.7 Å². The van der Waals surface area contributed by atoms with Gasteiger partial charge in [-0.05, 0) is 19.1 Å². The number of hydrogen-bond acceptors (Lipinski definition) is 2. The highest BCUT2D eigenvalue weighted by molar-refractivity contribution is 8.00. The molecule has 0 saturated carbocycles. The van der Waals surface area contributed by atoms with Crippen LogP contribution >= 0.6 is 12.2 Å². The minimum atomic E-state index is 0.503. The zero-order chi connectivity index (χ0) is 8.97. The van der Waals surface area contributed by atoms with Crippen molar-refractivity contribution in [2.75, 3.05) is 11.4 Å². The van der Waals surface area contributed by atoms with Crippen molar-refractivity contribution in [3.63, 3.8) is 0 Å². The quantitative estimate of drug-likeness (QED) is 0.528. The van der Waals surface area contributed by atoms with Crippen LogP contribution in [0.1, 0.15) is 6.92 Å². The highest BCUT2D eigenvalue weighted by atomic mass is 32.1. The third kappa shape index (κ3) is 2.16. The maximum Gasteiger partial charge on any atom is 0.0397 e. The van der Waals surface area contributed by atoms with Crippen molar-refractivity contribution >= 4 is 34.9 Å². The number of nitrogens with zero attached hydrogens (tertiary/aromatic N) is 1. The first-order valence-electron chi connectivity index (χ1n) is 3.79.